The first-order valence-electron chi connectivity index (χ1n) is 12.9. The Balaban J connectivity index is 1.24. The zero-order chi connectivity index (χ0) is 27.6. The maximum absolute atomic E-state index is 15.3. The fraction of sp³-hybridized carbons (Fsp3) is 0.333. The fourth-order valence-electron chi connectivity index (χ4n) is 5.25. The molecule has 2 N–H and O–H groups in total. The van der Waals surface area contributed by atoms with Gasteiger partial charge in [0.25, 0.3) is 11.8 Å². The number of anilines is 3. The molecule has 4 aromatic rings. The summed E-state index contributed by atoms with van der Waals surface area (Å²) in [6, 6.07) is 7.58. The molecule has 2 fully saturated rings. The van der Waals surface area contributed by atoms with Crippen LogP contribution >= 0.6 is 0 Å². The van der Waals surface area contributed by atoms with Crippen LogP contribution in [0.4, 0.5) is 30.4 Å². The van der Waals surface area contributed by atoms with Crippen molar-refractivity contribution in [2.45, 2.75) is 31.1 Å². The first kappa shape index (κ1) is 24.8. The van der Waals surface area contributed by atoms with Gasteiger partial charge in [-0.2, -0.15) is 0 Å². The molecule has 206 valence electrons. The molecule has 40 heavy (non-hydrogen) atoms. The van der Waals surface area contributed by atoms with E-state index in [1.807, 2.05) is 23.1 Å². The SMILES string of the molecule is CNc1cc(N2CCc3c(-c4ncc(C5OCCO5)cc4F)cccc32)nn2c(C(=O)N[C@@H]3CC3(F)F)cnc12. The predicted molar refractivity (Wildman–Crippen MR) is 138 cm³/mol. The second-order valence-electron chi connectivity index (χ2n) is 9.91. The molecule has 1 amide bonds. The molecule has 1 saturated heterocycles. The second-order valence-corrected chi connectivity index (χ2v) is 9.91. The van der Waals surface area contributed by atoms with Gasteiger partial charge >= 0.3 is 0 Å². The smallest absolute Gasteiger partial charge is 0.272 e. The number of nitrogens with zero attached hydrogens (tertiary/aromatic N) is 5. The Bertz CT molecular complexity index is 1650. The van der Waals surface area contributed by atoms with Gasteiger partial charge < -0.3 is 25.0 Å². The minimum Gasteiger partial charge on any atom is -0.385 e. The van der Waals surface area contributed by atoms with E-state index in [9.17, 15) is 13.6 Å². The van der Waals surface area contributed by atoms with Crippen molar-refractivity contribution in [2.75, 3.05) is 37.0 Å². The summed E-state index contributed by atoms with van der Waals surface area (Å²) in [7, 11) is 1.72. The minimum atomic E-state index is -2.89. The Kier molecular flexibility index (Phi) is 5.68. The van der Waals surface area contributed by atoms with E-state index >= 15 is 4.39 Å². The van der Waals surface area contributed by atoms with Crippen LogP contribution in [0.5, 0.6) is 0 Å². The standard InChI is InChI=1S/C27H24F3N7O3/c1-31-18-10-22(35-37-20(13-33-24(18)37)25(38)34-21-11-27(21,29)30)36-6-5-15-16(3-2-4-19(15)36)23-17(28)9-14(12-32-23)26-39-7-8-40-26/h2-4,9-10,12-13,21,26,31H,5-8,11H2,1H3,(H,34,38)/t21-/m1/s1. The highest BCUT2D eigenvalue weighted by atomic mass is 19.3. The molecule has 5 heterocycles. The molecule has 3 aromatic heterocycles. The van der Waals surface area contributed by atoms with E-state index in [4.69, 9.17) is 9.47 Å². The molecule has 1 aromatic carbocycles. The average Bonchev–Trinajstić information content (AvgIpc) is 3.49. The topological polar surface area (TPSA) is 106 Å². The molecule has 13 heteroatoms. The van der Waals surface area contributed by atoms with Crippen molar-refractivity contribution in [1.29, 1.82) is 0 Å². The fourth-order valence-corrected chi connectivity index (χ4v) is 5.25. The van der Waals surface area contributed by atoms with Gasteiger partial charge in [0.2, 0.25) is 0 Å². The van der Waals surface area contributed by atoms with Gasteiger partial charge in [0.15, 0.2) is 23.4 Å². The number of hydrogen-bond donors (Lipinski definition) is 2. The van der Waals surface area contributed by atoms with Crippen molar-refractivity contribution in [1.82, 2.24) is 24.9 Å². The summed E-state index contributed by atoms with van der Waals surface area (Å²) in [4.78, 5) is 23.5. The first-order valence-corrected chi connectivity index (χ1v) is 12.9. The lowest BCUT2D eigenvalue weighted by Gasteiger charge is -2.20. The van der Waals surface area contributed by atoms with Crippen LogP contribution in [-0.2, 0) is 15.9 Å². The molecule has 1 atom stereocenters. The largest absolute Gasteiger partial charge is 0.385 e. The Hall–Kier alpha value is -4.23. The number of pyridine rings is 1. The Morgan fingerprint density at radius 3 is 2.67 bits per heavy atom. The maximum atomic E-state index is 15.3. The monoisotopic (exact) mass is 551 g/mol. The molecule has 0 spiro atoms. The van der Waals surface area contributed by atoms with Crippen LogP contribution in [0.1, 0.15) is 34.3 Å². The van der Waals surface area contributed by atoms with Crippen LogP contribution in [0, 0.1) is 5.82 Å². The Morgan fingerprint density at radius 1 is 1.15 bits per heavy atom. The zero-order valence-corrected chi connectivity index (χ0v) is 21.3. The number of benzene rings is 1. The van der Waals surface area contributed by atoms with E-state index in [1.54, 1.807) is 19.3 Å². The molecule has 1 saturated carbocycles. The lowest BCUT2D eigenvalue weighted by Crippen LogP contribution is -2.30. The minimum absolute atomic E-state index is 0.0470. The molecule has 10 nitrogen and oxygen atoms in total. The molecule has 0 radical (unpaired) electrons. The van der Waals surface area contributed by atoms with Gasteiger partial charge in [-0.05, 0) is 24.1 Å². The Labute approximate surface area is 226 Å². The van der Waals surface area contributed by atoms with Crippen LogP contribution in [0.2, 0.25) is 0 Å². The average molecular weight is 552 g/mol. The third-order valence-electron chi connectivity index (χ3n) is 7.40. The normalized spacial score (nSPS) is 19.7. The van der Waals surface area contributed by atoms with Crippen LogP contribution in [0.3, 0.4) is 0 Å². The summed E-state index contributed by atoms with van der Waals surface area (Å²) >= 11 is 0. The van der Waals surface area contributed by atoms with Gasteiger partial charge in [-0.1, -0.05) is 12.1 Å². The van der Waals surface area contributed by atoms with Crippen molar-refractivity contribution in [3.05, 3.63) is 65.4 Å². The number of carbonyl (C=O) groups excluding carboxylic acids is 1. The van der Waals surface area contributed by atoms with Crippen LogP contribution in [0.25, 0.3) is 16.9 Å². The number of rotatable bonds is 6. The number of imidazole rings is 1. The van der Waals surface area contributed by atoms with Gasteiger partial charge in [-0.3, -0.25) is 9.78 Å². The number of alkyl halides is 2. The van der Waals surface area contributed by atoms with Crippen LogP contribution in [-0.4, -0.2) is 64.3 Å². The third-order valence-corrected chi connectivity index (χ3v) is 7.40. The highest BCUT2D eigenvalue weighted by Crippen LogP contribution is 2.42. The van der Waals surface area contributed by atoms with Crippen LogP contribution in [0.15, 0.2) is 42.7 Å². The number of fused-ring (bicyclic) bond motifs is 2. The number of nitrogens with one attached hydrogen (secondary N) is 2. The number of ether oxygens (including phenoxy) is 2. The quantitative estimate of drug-likeness (QED) is 0.373. The maximum Gasteiger partial charge on any atom is 0.272 e. The lowest BCUT2D eigenvalue weighted by atomic mass is 10.0. The van der Waals surface area contributed by atoms with Gasteiger partial charge in [0.1, 0.15) is 11.5 Å². The lowest BCUT2D eigenvalue weighted by molar-refractivity contribution is -0.0445. The summed E-state index contributed by atoms with van der Waals surface area (Å²) in [6.45, 7) is 1.45. The summed E-state index contributed by atoms with van der Waals surface area (Å²) in [5, 5.41) is 10.1. The first-order chi connectivity index (χ1) is 19.3. The molecule has 2 aliphatic heterocycles. The summed E-state index contributed by atoms with van der Waals surface area (Å²) in [5.41, 5.74) is 4.18. The van der Waals surface area contributed by atoms with Crippen molar-refractivity contribution in [3.8, 4) is 11.3 Å². The van der Waals surface area contributed by atoms with E-state index in [-0.39, 0.29) is 17.8 Å². The van der Waals surface area contributed by atoms with Crippen LogP contribution < -0.4 is 15.5 Å². The highest BCUT2D eigenvalue weighted by molar-refractivity contribution is 5.94. The van der Waals surface area contributed by atoms with E-state index in [0.29, 0.717) is 54.5 Å². The van der Waals surface area contributed by atoms with E-state index in [0.717, 1.165) is 11.3 Å². The number of hydrogen-bond acceptors (Lipinski definition) is 8. The molecule has 7 rings (SSSR count). The van der Waals surface area contributed by atoms with Crippen molar-refractivity contribution >= 4 is 28.7 Å². The van der Waals surface area contributed by atoms with Gasteiger partial charge in [0, 0.05) is 49.1 Å². The summed E-state index contributed by atoms with van der Waals surface area (Å²) in [5.74, 6) is -3.54. The Morgan fingerprint density at radius 2 is 1.95 bits per heavy atom. The summed E-state index contributed by atoms with van der Waals surface area (Å²) in [6.07, 6.45) is 2.48. The van der Waals surface area contributed by atoms with Gasteiger partial charge in [0.05, 0.1) is 31.1 Å². The third kappa shape index (κ3) is 4.04. The van der Waals surface area contributed by atoms with Crippen molar-refractivity contribution in [2.24, 2.45) is 0 Å². The van der Waals surface area contributed by atoms with E-state index in [2.05, 4.69) is 25.7 Å². The predicted octanol–water partition coefficient (Wildman–Crippen LogP) is 3.85. The number of halogens is 3. The molecule has 3 aliphatic rings. The van der Waals surface area contributed by atoms with Gasteiger partial charge in [-0.25, -0.2) is 22.7 Å². The highest BCUT2D eigenvalue weighted by Gasteiger charge is 2.58. The molecular weight excluding hydrogens is 527 g/mol. The zero-order valence-electron chi connectivity index (χ0n) is 21.3. The summed E-state index contributed by atoms with van der Waals surface area (Å²) < 4.78 is 54.4. The van der Waals surface area contributed by atoms with E-state index < -0.39 is 30.0 Å². The number of amides is 1. The second kappa shape index (κ2) is 9.17. The molecule has 0 bridgehead atoms. The molecule has 0 unspecified atom stereocenters. The molecular formula is C27H24F3N7O3. The van der Waals surface area contributed by atoms with Gasteiger partial charge in [-0.15, -0.1) is 5.10 Å². The van der Waals surface area contributed by atoms with Crippen molar-refractivity contribution < 1.29 is 27.4 Å². The van der Waals surface area contributed by atoms with Crippen molar-refractivity contribution in [3.63, 3.8) is 0 Å². The number of aromatic nitrogens is 4. The molecule has 1 aliphatic carbocycles. The number of carbonyl (C=O) groups is 1. The van der Waals surface area contributed by atoms with E-state index in [1.165, 1.54) is 16.8 Å².